The van der Waals surface area contributed by atoms with Crippen LogP contribution in [-0.2, 0) is 22.5 Å². The maximum absolute atomic E-state index is 12.3. The van der Waals surface area contributed by atoms with Gasteiger partial charge in [0.05, 0.1) is 6.54 Å². The first-order valence-corrected chi connectivity index (χ1v) is 9.49. The molecule has 0 saturated carbocycles. The third-order valence-electron chi connectivity index (χ3n) is 4.38. The van der Waals surface area contributed by atoms with Crippen LogP contribution in [0.5, 0.6) is 0 Å². The first-order chi connectivity index (χ1) is 13.3. The molecular formula is C22H27N3O3. The molecule has 0 atom stereocenters. The molecule has 1 aliphatic heterocycles. The van der Waals surface area contributed by atoms with Crippen LogP contribution in [0.25, 0.3) is 0 Å². The van der Waals surface area contributed by atoms with Gasteiger partial charge in [-0.2, -0.15) is 0 Å². The zero-order valence-electron chi connectivity index (χ0n) is 16.6. The fourth-order valence-electron chi connectivity index (χ4n) is 3.06. The highest BCUT2D eigenvalue weighted by Gasteiger charge is 2.25. The highest BCUT2D eigenvalue weighted by molar-refractivity contribution is 5.93. The van der Waals surface area contributed by atoms with Crippen LogP contribution in [0.15, 0.2) is 48.5 Å². The normalized spacial score (nSPS) is 13.5. The minimum atomic E-state index is -0.507. The van der Waals surface area contributed by atoms with Gasteiger partial charge in [-0.25, -0.2) is 4.79 Å². The van der Waals surface area contributed by atoms with Crippen LogP contribution in [0.3, 0.4) is 0 Å². The third kappa shape index (κ3) is 5.49. The predicted octanol–water partition coefficient (Wildman–Crippen LogP) is 4.03. The number of ether oxygens (including phenoxy) is 1. The zero-order chi connectivity index (χ0) is 20.1. The van der Waals surface area contributed by atoms with E-state index in [-0.39, 0.29) is 18.5 Å². The highest BCUT2D eigenvalue weighted by atomic mass is 16.6. The van der Waals surface area contributed by atoms with Crippen molar-refractivity contribution in [2.45, 2.75) is 39.3 Å². The molecular weight excluding hydrogens is 354 g/mol. The zero-order valence-corrected chi connectivity index (χ0v) is 16.6. The molecule has 3 rings (SSSR count). The average molecular weight is 381 g/mol. The van der Waals surface area contributed by atoms with Crippen LogP contribution in [0.1, 0.15) is 31.9 Å². The van der Waals surface area contributed by atoms with Gasteiger partial charge in [0.25, 0.3) is 0 Å². The van der Waals surface area contributed by atoms with Gasteiger partial charge in [0.15, 0.2) is 0 Å². The Labute approximate surface area is 165 Å². The fraction of sp³-hybridized carbons (Fsp3) is 0.364. The number of nitrogens with one attached hydrogen (secondary N) is 2. The maximum Gasteiger partial charge on any atom is 0.410 e. The number of rotatable bonds is 4. The number of nitrogens with zero attached hydrogens (tertiary/aromatic N) is 1. The van der Waals surface area contributed by atoms with Gasteiger partial charge in [-0.05, 0) is 62.6 Å². The summed E-state index contributed by atoms with van der Waals surface area (Å²) in [5.41, 5.74) is 3.41. The molecule has 0 bridgehead atoms. The Kier molecular flexibility index (Phi) is 5.87. The number of hydrogen-bond acceptors (Lipinski definition) is 4. The molecule has 2 N–H and O–H groups in total. The smallest absolute Gasteiger partial charge is 0.410 e. The Morgan fingerprint density at radius 2 is 1.79 bits per heavy atom. The quantitative estimate of drug-likeness (QED) is 0.839. The summed E-state index contributed by atoms with van der Waals surface area (Å²) >= 11 is 0. The second kappa shape index (κ2) is 8.33. The Hall–Kier alpha value is -3.02. The van der Waals surface area contributed by atoms with E-state index in [1.165, 1.54) is 5.56 Å². The summed E-state index contributed by atoms with van der Waals surface area (Å²) in [6.45, 7) is 6.93. The van der Waals surface area contributed by atoms with E-state index in [0.29, 0.717) is 13.1 Å². The van der Waals surface area contributed by atoms with Crippen LogP contribution in [0.2, 0.25) is 0 Å². The van der Waals surface area contributed by atoms with E-state index in [2.05, 4.69) is 16.7 Å². The van der Waals surface area contributed by atoms with Crippen molar-refractivity contribution in [1.82, 2.24) is 4.90 Å². The lowest BCUT2D eigenvalue weighted by atomic mass is 9.99. The summed E-state index contributed by atoms with van der Waals surface area (Å²) < 4.78 is 5.48. The van der Waals surface area contributed by atoms with Gasteiger partial charge in [-0.1, -0.05) is 24.3 Å². The maximum atomic E-state index is 12.3. The molecule has 1 heterocycles. The van der Waals surface area contributed by atoms with Gasteiger partial charge in [0.1, 0.15) is 5.60 Å². The molecule has 148 valence electrons. The second-order valence-electron chi connectivity index (χ2n) is 7.90. The SMILES string of the molecule is CC(C)(C)OC(=O)N1CCc2ccc(NCC(=O)Nc3ccccc3)cc2C1. The first-order valence-electron chi connectivity index (χ1n) is 9.49. The van der Waals surface area contributed by atoms with Gasteiger partial charge in [0, 0.05) is 24.5 Å². The van der Waals surface area contributed by atoms with Gasteiger partial charge in [-0.15, -0.1) is 0 Å². The molecule has 0 spiro atoms. The number of carbonyl (C=O) groups is 2. The van der Waals surface area contributed by atoms with Gasteiger partial charge >= 0.3 is 6.09 Å². The van der Waals surface area contributed by atoms with E-state index >= 15 is 0 Å². The van der Waals surface area contributed by atoms with Crippen molar-refractivity contribution in [3.05, 3.63) is 59.7 Å². The highest BCUT2D eigenvalue weighted by Crippen LogP contribution is 2.24. The van der Waals surface area contributed by atoms with Crippen LogP contribution in [0.4, 0.5) is 16.2 Å². The Morgan fingerprint density at radius 3 is 2.50 bits per heavy atom. The van der Waals surface area contributed by atoms with E-state index in [0.717, 1.165) is 23.4 Å². The van der Waals surface area contributed by atoms with Crippen molar-refractivity contribution in [2.24, 2.45) is 0 Å². The molecule has 0 unspecified atom stereocenters. The molecule has 2 amide bonds. The summed E-state index contributed by atoms with van der Waals surface area (Å²) in [5, 5.41) is 6.00. The van der Waals surface area contributed by atoms with Crippen LogP contribution in [-0.4, -0.2) is 35.6 Å². The molecule has 2 aromatic carbocycles. The number of anilines is 2. The number of amides is 2. The van der Waals surface area contributed by atoms with Gasteiger partial charge in [-0.3, -0.25) is 4.79 Å². The van der Waals surface area contributed by atoms with Crippen LogP contribution in [0, 0.1) is 0 Å². The standard InChI is InChI=1S/C22H27N3O3/c1-22(2,3)28-21(27)25-12-11-16-9-10-19(13-17(16)15-25)23-14-20(26)24-18-7-5-4-6-8-18/h4-10,13,23H,11-12,14-15H2,1-3H3,(H,24,26). The number of para-hydroxylation sites is 1. The molecule has 6 heteroatoms. The molecule has 0 saturated heterocycles. The van der Waals surface area contributed by atoms with Crippen molar-refractivity contribution in [1.29, 1.82) is 0 Å². The lowest BCUT2D eigenvalue weighted by molar-refractivity contribution is -0.114. The van der Waals surface area contributed by atoms with Crippen LogP contribution < -0.4 is 10.6 Å². The number of fused-ring (bicyclic) bond motifs is 1. The van der Waals surface area contributed by atoms with E-state index in [9.17, 15) is 9.59 Å². The number of benzene rings is 2. The van der Waals surface area contributed by atoms with E-state index in [4.69, 9.17) is 4.74 Å². The monoisotopic (exact) mass is 381 g/mol. The molecule has 0 radical (unpaired) electrons. The van der Waals surface area contributed by atoms with Crippen molar-refractivity contribution in [2.75, 3.05) is 23.7 Å². The number of carbonyl (C=O) groups excluding carboxylic acids is 2. The van der Waals surface area contributed by atoms with E-state index < -0.39 is 5.60 Å². The Morgan fingerprint density at radius 1 is 1.04 bits per heavy atom. The summed E-state index contributed by atoms with van der Waals surface area (Å²) in [4.78, 5) is 26.2. The van der Waals surface area contributed by atoms with Gasteiger partial charge < -0.3 is 20.3 Å². The van der Waals surface area contributed by atoms with Crippen LogP contribution >= 0.6 is 0 Å². The molecule has 0 fully saturated rings. The molecule has 6 nitrogen and oxygen atoms in total. The summed E-state index contributed by atoms with van der Waals surface area (Å²) in [6.07, 6.45) is 0.502. The topological polar surface area (TPSA) is 70.7 Å². The van der Waals surface area contributed by atoms with Crippen molar-refractivity contribution >= 4 is 23.4 Å². The number of hydrogen-bond donors (Lipinski definition) is 2. The van der Waals surface area contributed by atoms with Crippen molar-refractivity contribution in [3.63, 3.8) is 0 Å². The Bertz CT molecular complexity index is 844. The largest absolute Gasteiger partial charge is 0.444 e. The van der Waals surface area contributed by atoms with E-state index in [1.54, 1.807) is 4.90 Å². The van der Waals surface area contributed by atoms with E-state index in [1.807, 2.05) is 63.2 Å². The minimum absolute atomic E-state index is 0.112. The summed E-state index contributed by atoms with van der Waals surface area (Å²) in [5.74, 6) is -0.112. The van der Waals surface area contributed by atoms with Gasteiger partial charge in [0.2, 0.25) is 5.91 Å². The van der Waals surface area contributed by atoms with Crippen molar-refractivity contribution in [3.8, 4) is 0 Å². The lowest BCUT2D eigenvalue weighted by Gasteiger charge is -2.31. The molecule has 2 aromatic rings. The fourth-order valence-corrected chi connectivity index (χ4v) is 3.06. The minimum Gasteiger partial charge on any atom is -0.444 e. The lowest BCUT2D eigenvalue weighted by Crippen LogP contribution is -2.39. The third-order valence-corrected chi connectivity index (χ3v) is 4.38. The first kappa shape index (κ1) is 19.7. The second-order valence-corrected chi connectivity index (χ2v) is 7.90. The molecule has 1 aliphatic rings. The average Bonchev–Trinajstić information content (AvgIpc) is 2.65. The molecule has 28 heavy (non-hydrogen) atoms. The van der Waals surface area contributed by atoms with Crippen molar-refractivity contribution < 1.29 is 14.3 Å². The summed E-state index contributed by atoms with van der Waals surface area (Å²) in [6, 6.07) is 15.4. The predicted molar refractivity (Wildman–Crippen MR) is 110 cm³/mol. The molecule has 0 aliphatic carbocycles. The molecule has 0 aromatic heterocycles. The summed E-state index contributed by atoms with van der Waals surface area (Å²) in [7, 11) is 0. The Balaban J connectivity index is 1.58.